The van der Waals surface area contributed by atoms with Gasteiger partial charge in [-0.05, 0) is 36.4 Å². The molecule has 0 spiro atoms. The number of benzene rings is 2. The molecule has 1 atom stereocenters. The van der Waals surface area contributed by atoms with Crippen LogP contribution < -0.4 is 10.6 Å². The summed E-state index contributed by atoms with van der Waals surface area (Å²) in [7, 11) is 1.71. The van der Waals surface area contributed by atoms with E-state index in [2.05, 4.69) is 0 Å². The van der Waals surface area contributed by atoms with E-state index in [0.717, 1.165) is 11.4 Å². The molecule has 0 fully saturated rings. The smallest absolute Gasteiger partial charge is 0.263 e. The van der Waals surface area contributed by atoms with Crippen LogP contribution in [0.3, 0.4) is 0 Å². The average Bonchev–Trinajstić information content (AvgIpc) is 3.43. The van der Waals surface area contributed by atoms with Crippen molar-refractivity contribution >= 4 is 22.3 Å². The Labute approximate surface area is 166 Å². The van der Waals surface area contributed by atoms with Crippen LogP contribution in [-0.2, 0) is 7.05 Å². The molecule has 29 heavy (non-hydrogen) atoms. The number of aromatic hydroxyl groups is 1. The van der Waals surface area contributed by atoms with E-state index in [1.165, 1.54) is 0 Å². The Bertz CT molecular complexity index is 1270. The Balaban J connectivity index is 1.70. The Morgan fingerprint density at radius 2 is 1.79 bits per heavy atom. The number of pyridine rings is 1. The van der Waals surface area contributed by atoms with Gasteiger partial charge in [-0.15, -0.1) is 0 Å². The minimum absolute atomic E-state index is 0.0319. The lowest BCUT2D eigenvalue weighted by molar-refractivity contribution is 0.464. The van der Waals surface area contributed by atoms with Crippen molar-refractivity contribution in [3.05, 3.63) is 94.7 Å². The van der Waals surface area contributed by atoms with Crippen LogP contribution in [0.4, 0.5) is 5.69 Å². The summed E-state index contributed by atoms with van der Waals surface area (Å²) in [4.78, 5) is 13.1. The SMILES string of the molecule is Cn1c(=O)c(C2=NN(c3ccccc3)C(c3ccco3)C2)c(O)c2ccccc21. The second-order valence-electron chi connectivity index (χ2n) is 7.07. The molecule has 6 nitrogen and oxygen atoms in total. The van der Waals surface area contributed by atoms with Gasteiger partial charge in [0.15, 0.2) is 0 Å². The van der Waals surface area contributed by atoms with Crippen LogP contribution in [0.1, 0.15) is 23.8 Å². The van der Waals surface area contributed by atoms with Gasteiger partial charge in [-0.3, -0.25) is 9.80 Å². The van der Waals surface area contributed by atoms with Crippen molar-refractivity contribution in [1.29, 1.82) is 0 Å². The lowest BCUT2D eigenvalue weighted by Crippen LogP contribution is -2.24. The third-order valence-corrected chi connectivity index (χ3v) is 5.37. The van der Waals surface area contributed by atoms with Crippen molar-refractivity contribution in [3.8, 4) is 5.75 Å². The zero-order valence-corrected chi connectivity index (χ0v) is 15.8. The third kappa shape index (κ3) is 2.72. The highest BCUT2D eigenvalue weighted by atomic mass is 16.3. The van der Waals surface area contributed by atoms with E-state index in [9.17, 15) is 9.90 Å². The molecule has 0 saturated carbocycles. The topological polar surface area (TPSA) is 71.0 Å². The highest BCUT2D eigenvalue weighted by Crippen LogP contribution is 2.38. The molecule has 1 N–H and O–H groups in total. The summed E-state index contributed by atoms with van der Waals surface area (Å²) in [6.45, 7) is 0. The Hall–Kier alpha value is -3.80. The maximum absolute atomic E-state index is 13.1. The summed E-state index contributed by atoms with van der Waals surface area (Å²) >= 11 is 0. The lowest BCUT2D eigenvalue weighted by Gasteiger charge is -2.21. The summed E-state index contributed by atoms with van der Waals surface area (Å²) in [6.07, 6.45) is 2.08. The molecule has 1 unspecified atom stereocenters. The number of hydrazone groups is 1. The molecule has 3 heterocycles. The first-order valence-electron chi connectivity index (χ1n) is 9.41. The van der Waals surface area contributed by atoms with Gasteiger partial charge in [0, 0.05) is 18.9 Å². The van der Waals surface area contributed by atoms with Crippen molar-refractivity contribution in [3.63, 3.8) is 0 Å². The fourth-order valence-electron chi connectivity index (χ4n) is 3.92. The minimum Gasteiger partial charge on any atom is -0.506 e. The summed E-state index contributed by atoms with van der Waals surface area (Å²) in [5.74, 6) is 0.722. The monoisotopic (exact) mass is 385 g/mol. The predicted molar refractivity (Wildman–Crippen MR) is 112 cm³/mol. The van der Waals surface area contributed by atoms with Crippen LogP contribution in [0.25, 0.3) is 10.9 Å². The quantitative estimate of drug-likeness (QED) is 0.574. The standard InChI is InChI=1S/C23H19N3O3/c1-25-18-11-6-5-10-16(18)22(27)21(23(25)28)17-14-19(20-12-7-13-29-20)26(24-17)15-8-3-2-4-9-15/h2-13,19,27H,14H2,1H3. The zero-order chi connectivity index (χ0) is 20.0. The van der Waals surface area contributed by atoms with Crippen LogP contribution in [0.2, 0.25) is 0 Å². The van der Waals surface area contributed by atoms with Crippen LogP contribution in [0, 0.1) is 0 Å². The summed E-state index contributed by atoms with van der Waals surface area (Å²) in [6, 6.07) is 20.6. The molecule has 1 aliphatic heterocycles. The molecular formula is C23H19N3O3. The van der Waals surface area contributed by atoms with E-state index < -0.39 is 0 Å². The highest BCUT2D eigenvalue weighted by Gasteiger charge is 2.34. The molecule has 0 saturated heterocycles. The number of aromatic nitrogens is 1. The molecule has 5 rings (SSSR count). The molecular weight excluding hydrogens is 366 g/mol. The molecule has 2 aromatic heterocycles. The first-order valence-corrected chi connectivity index (χ1v) is 9.41. The first kappa shape index (κ1) is 17.3. The first-order chi connectivity index (χ1) is 14.1. The fourth-order valence-corrected chi connectivity index (χ4v) is 3.92. The van der Waals surface area contributed by atoms with Crippen molar-refractivity contribution in [2.75, 3.05) is 5.01 Å². The van der Waals surface area contributed by atoms with Gasteiger partial charge in [0.1, 0.15) is 23.1 Å². The third-order valence-electron chi connectivity index (χ3n) is 5.37. The maximum atomic E-state index is 13.1. The molecule has 4 aromatic rings. The number of nitrogens with zero attached hydrogens (tertiary/aromatic N) is 3. The van der Waals surface area contributed by atoms with Crippen LogP contribution >= 0.6 is 0 Å². The van der Waals surface area contributed by atoms with E-state index >= 15 is 0 Å². The Morgan fingerprint density at radius 1 is 1.03 bits per heavy atom. The second kappa shape index (κ2) is 6.67. The van der Waals surface area contributed by atoms with Gasteiger partial charge in [-0.25, -0.2) is 0 Å². The number of hydrogen-bond donors (Lipinski definition) is 1. The van der Waals surface area contributed by atoms with E-state index in [0.29, 0.717) is 23.0 Å². The van der Waals surface area contributed by atoms with Crippen molar-refractivity contribution < 1.29 is 9.52 Å². The van der Waals surface area contributed by atoms with E-state index in [-0.39, 0.29) is 22.9 Å². The zero-order valence-electron chi connectivity index (χ0n) is 15.8. The molecule has 1 aliphatic rings. The minimum atomic E-state index is -0.270. The van der Waals surface area contributed by atoms with Crippen LogP contribution in [0.5, 0.6) is 5.75 Å². The number of rotatable bonds is 3. The summed E-state index contributed by atoms with van der Waals surface area (Å²) < 4.78 is 7.20. The summed E-state index contributed by atoms with van der Waals surface area (Å²) in [5, 5.41) is 18.2. The van der Waals surface area contributed by atoms with Crippen molar-refractivity contribution in [2.24, 2.45) is 12.1 Å². The van der Waals surface area contributed by atoms with Crippen LogP contribution in [-0.4, -0.2) is 15.4 Å². The summed E-state index contributed by atoms with van der Waals surface area (Å²) in [5.41, 5.74) is 2.08. The molecule has 6 heteroatoms. The van der Waals surface area contributed by atoms with Gasteiger partial charge >= 0.3 is 0 Å². The van der Waals surface area contributed by atoms with Gasteiger partial charge < -0.3 is 14.1 Å². The number of furan rings is 1. The molecule has 0 aliphatic carbocycles. The van der Waals surface area contributed by atoms with Crippen molar-refractivity contribution in [2.45, 2.75) is 12.5 Å². The van der Waals surface area contributed by atoms with Gasteiger partial charge in [0.2, 0.25) is 0 Å². The number of aryl methyl sites for hydroxylation is 1. The van der Waals surface area contributed by atoms with E-state index in [1.54, 1.807) is 17.9 Å². The molecule has 0 radical (unpaired) electrons. The molecule has 144 valence electrons. The Kier molecular flexibility index (Phi) is 3.98. The van der Waals surface area contributed by atoms with Crippen molar-refractivity contribution in [1.82, 2.24) is 4.57 Å². The van der Waals surface area contributed by atoms with E-state index in [4.69, 9.17) is 9.52 Å². The molecule has 2 aromatic carbocycles. The number of hydrogen-bond acceptors (Lipinski definition) is 5. The van der Waals surface area contributed by atoms with Gasteiger partial charge in [-0.2, -0.15) is 5.10 Å². The fraction of sp³-hybridized carbons (Fsp3) is 0.130. The Morgan fingerprint density at radius 3 is 2.55 bits per heavy atom. The number of anilines is 1. The normalized spacial score (nSPS) is 16.4. The molecule has 0 amide bonds. The predicted octanol–water partition coefficient (Wildman–Crippen LogP) is 4.19. The molecule has 0 bridgehead atoms. The van der Waals surface area contributed by atoms with Gasteiger partial charge in [0.05, 0.1) is 23.2 Å². The van der Waals surface area contributed by atoms with Gasteiger partial charge in [0.25, 0.3) is 5.56 Å². The van der Waals surface area contributed by atoms with Crippen LogP contribution in [0.15, 0.2) is 87.3 Å². The highest BCUT2D eigenvalue weighted by molar-refractivity contribution is 6.08. The lowest BCUT2D eigenvalue weighted by atomic mass is 10.0. The van der Waals surface area contributed by atoms with E-state index in [1.807, 2.05) is 71.7 Å². The largest absolute Gasteiger partial charge is 0.506 e. The second-order valence-corrected chi connectivity index (χ2v) is 7.07. The maximum Gasteiger partial charge on any atom is 0.263 e. The average molecular weight is 385 g/mol. The number of para-hydroxylation sites is 2. The number of fused-ring (bicyclic) bond motifs is 1. The van der Waals surface area contributed by atoms with Gasteiger partial charge in [-0.1, -0.05) is 30.3 Å².